The number of nitrogens with one attached hydrogen (secondary N) is 1. The summed E-state index contributed by atoms with van der Waals surface area (Å²) in [4.78, 5) is 0. The van der Waals surface area contributed by atoms with Crippen LogP contribution in [0, 0.1) is 0 Å². The van der Waals surface area contributed by atoms with E-state index in [1.54, 1.807) is 0 Å². The van der Waals surface area contributed by atoms with Crippen molar-refractivity contribution in [2.24, 2.45) is 0 Å². The number of benzene rings is 1. The van der Waals surface area contributed by atoms with Crippen LogP contribution in [0.4, 0.5) is 4.39 Å². The second kappa shape index (κ2) is 5.50. The minimum absolute atomic E-state index is 0.271. The van der Waals surface area contributed by atoms with Crippen molar-refractivity contribution < 1.29 is 13.9 Å². The van der Waals surface area contributed by atoms with Crippen LogP contribution in [0.25, 0.3) is 0 Å². The van der Waals surface area contributed by atoms with E-state index in [-0.39, 0.29) is 13.5 Å². The molecule has 0 amide bonds. The van der Waals surface area contributed by atoms with Crippen LogP contribution in [0.2, 0.25) is 0 Å². The molecule has 1 aromatic carbocycles. The van der Waals surface area contributed by atoms with E-state index in [0.717, 1.165) is 21.5 Å². The lowest BCUT2D eigenvalue weighted by Gasteiger charge is -2.06. The molecular formula is C11H13BrFNO2. The van der Waals surface area contributed by atoms with E-state index in [4.69, 9.17) is 9.47 Å². The second-order valence-corrected chi connectivity index (χ2v) is 4.39. The van der Waals surface area contributed by atoms with Gasteiger partial charge >= 0.3 is 0 Å². The maximum atomic E-state index is 11.9. The summed E-state index contributed by atoms with van der Waals surface area (Å²) >= 11 is 3.43. The zero-order chi connectivity index (χ0) is 11.4. The Morgan fingerprint density at radius 3 is 3.06 bits per heavy atom. The van der Waals surface area contributed by atoms with Gasteiger partial charge in [-0.25, -0.2) is 0 Å². The fourth-order valence-electron chi connectivity index (χ4n) is 1.55. The largest absolute Gasteiger partial charge is 0.454 e. The molecule has 0 saturated carbocycles. The van der Waals surface area contributed by atoms with Gasteiger partial charge in [0, 0.05) is 6.54 Å². The van der Waals surface area contributed by atoms with Crippen LogP contribution in [-0.4, -0.2) is 20.0 Å². The smallest absolute Gasteiger partial charge is 0.231 e. The summed E-state index contributed by atoms with van der Waals surface area (Å²) in [5.74, 6) is 1.52. The van der Waals surface area contributed by atoms with Crippen molar-refractivity contribution in [3.05, 3.63) is 22.2 Å². The normalized spacial score (nSPS) is 13.1. The van der Waals surface area contributed by atoms with Crippen molar-refractivity contribution in [2.75, 3.05) is 20.0 Å². The molecule has 1 aliphatic heterocycles. The number of ether oxygens (including phenoxy) is 2. The fourth-order valence-corrected chi connectivity index (χ4v) is 2.15. The van der Waals surface area contributed by atoms with Gasteiger partial charge in [-0.3, -0.25) is 4.39 Å². The Labute approximate surface area is 102 Å². The number of halogens is 2. The molecule has 1 N–H and O–H groups in total. The molecule has 0 fully saturated rings. The summed E-state index contributed by atoms with van der Waals surface area (Å²) in [6, 6.07) is 3.92. The SMILES string of the molecule is FCCCNCc1cc(Br)c2c(c1)OCO2. The molecule has 0 unspecified atom stereocenters. The number of rotatable bonds is 5. The van der Waals surface area contributed by atoms with Crippen LogP contribution in [0.15, 0.2) is 16.6 Å². The van der Waals surface area contributed by atoms with Crippen LogP contribution in [-0.2, 0) is 6.54 Å². The lowest BCUT2D eigenvalue weighted by Crippen LogP contribution is -2.15. The quantitative estimate of drug-likeness (QED) is 0.846. The number of hydrogen-bond acceptors (Lipinski definition) is 3. The first-order chi connectivity index (χ1) is 7.81. The molecule has 0 aliphatic carbocycles. The molecule has 1 heterocycles. The predicted octanol–water partition coefficient (Wildman–Crippen LogP) is 2.63. The lowest BCUT2D eigenvalue weighted by molar-refractivity contribution is 0.173. The highest BCUT2D eigenvalue weighted by Gasteiger charge is 2.17. The minimum atomic E-state index is -0.280. The zero-order valence-electron chi connectivity index (χ0n) is 8.76. The van der Waals surface area contributed by atoms with Crippen molar-refractivity contribution in [3.8, 4) is 11.5 Å². The molecule has 0 spiro atoms. The van der Waals surface area contributed by atoms with Gasteiger partial charge < -0.3 is 14.8 Å². The van der Waals surface area contributed by atoms with Crippen molar-refractivity contribution in [3.63, 3.8) is 0 Å². The van der Waals surface area contributed by atoms with Crippen LogP contribution >= 0.6 is 15.9 Å². The Hall–Kier alpha value is -0.810. The van der Waals surface area contributed by atoms with Crippen molar-refractivity contribution >= 4 is 15.9 Å². The average molecular weight is 290 g/mol. The highest BCUT2D eigenvalue weighted by Crippen LogP contribution is 2.39. The summed E-state index contributed by atoms with van der Waals surface area (Å²) < 4.78 is 23.4. The van der Waals surface area contributed by atoms with Gasteiger partial charge in [0.15, 0.2) is 11.5 Å². The fraction of sp³-hybridized carbons (Fsp3) is 0.455. The van der Waals surface area contributed by atoms with E-state index in [2.05, 4.69) is 21.2 Å². The number of alkyl halides is 1. The minimum Gasteiger partial charge on any atom is -0.454 e. The molecule has 1 aromatic rings. The number of hydrogen-bond donors (Lipinski definition) is 1. The first kappa shape index (κ1) is 11.7. The molecule has 0 radical (unpaired) electrons. The summed E-state index contributed by atoms with van der Waals surface area (Å²) in [5.41, 5.74) is 1.09. The summed E-state index contributed by atoms with van der Waals surface area (Å²) in [7, 11) is 0. The standard InChI is InChI=1S/C11H13BrFNO2/c12-9-4-8(6-14-3-1-2-13)5-10-11(9)16-7-15-10/h4-5,14H,1-3,6-7H2. The second-order valence-electron chi connectivity index (χ2n) is 3.53. The molecule has 5 heteroatoms. The molecule has 0 aromatic heterocycles. The summed E-state index contributed by atoms with van der Waals surface area (Å²) in [6.07, 6.45) is 0.547. The van der Waals surface area contributed by atoms with Crippen LogP contribution < -0.4 is 14.8 Å². The molecule has 1 aliphatic rings. The van der Waals surface area contributed by atoms with E-state index >= 15 is 0 Å². The van der Waals surface area contributed by atoms with E-state index < -0.39 is 0 Å². The molecular weight excluding hydrogens is 277 g/mol. The molecule has 2 rings (SSSR count). The van der Waals surface area contributed by atoms with Gasteiger partial charge in [0.1, 0.15) is 0 Å². The van der Waals surface area contributed by atoms with Gasteiger partial charge in [-0.15, -0.1) is 0 Å². The first-order valence-electron chi connectivity index (χ1n) is 5.16. The van der Waals surface area contributed by atoms with Crippen LogP contribution in [0.3, 0.4) is 0 Å². The van der Waals surface area contributed by atoms with Crippen molar-refractivity contribution in [1.82, 2.24) is 5.32 Å². The Balaban J connectivity index is 1.97. The van der Waals surface area contributed by atoms with Gasteiger partial charge in [-0.2, -0.15) is 0 Å². The zero-order valence-corrected chi connectivity index (χ0v) is 10.3. The topological polar surface area (TPSA) is 30.5 Å². The lowest BCUT2D eigenvalue weighted by atomic mass is 10.2. The molecule has 0 saturated heterocycles. The van der Waals surface area contributed by atoms with Gasteiger partial charge in [0.2, 0.25) is 6.79 Å². The van der Waals surface area contributed by atoms with E-state index in [1.165, 1.54) is 0 Å². The highest BCUT2D eigenvalue weighted by molar-refractivity contribution is 9.10. The van der Waals surface area contributed by atoms with Crippen LogP contribution in [0.5, 0.6) is 11.5 Å². The Morgan fingerprint density at radius 1 is 1.38 bits per heavy atom. The third-order valence-corrected chi connectivity index (χ3v) is 2.89. The van der Waals surface area contributed by atoms with E-state index in [1.807, 2.05) is 12.1 Å². The van der Waals surface area contributed by atoms with Gasteiger partial charge in [0.25, 0.3) is 0 Å². The number of fused-ring (bicyclic) bond motifs is 1. The first-order valence-corrected chi connectivity index (χ1v) is 5.95. The Kier molecular flexibility index (Phi) is 4.01. The van der Waals surface area contributed by atoms with Gasteiger partial charge in [-0.05, 0) is 46.6 Å². The molecule has 88 valence electrons. The van der Waals surface area contributed by atoms with Crippen molar-refractivity contribution in [2.45, 2.75) is 13.0 Å². The van der Waals surface area contributed by atoms with Gasteiger partial charge in [0.05, 0.1) is 11.1 Å². The maximum Gasteiger partial charge on any atom is 0.231 e. The molecule has 0 atom stereocenters. The summed E-state index contributed by atoms with van der Waals surface area (Å²) in [6.45, 7) is 1.38. The molecule has 16 heavy (non-hydrogen) atoms. The Morgan fingerprint density at radius 2 is 2.25 bits per heavy atom. The van der Waals surface area contributed by atoms with Crippen molar-refractivity contribution in [1.29, 1.82) is 0 Å². The molecule has 3 nitrogen and oxygen atoms in total. The van der Waals surface area contributed by atoms with E-state index in [9.17, 15) is 4.39 Å². The van der Waals surface area contributed by atoms with Gasteiger partial charge in [-0.1, -0.05) is 0 Å². The highest BCUT2D eigenvalue weighted by atomic mass is 79.9. The summed E-state index contributed by atoms with van der Waals surface area (Å²) in [5, 5.41) is 3.16. The van der Waals surface area contributed by atoms with Crippen LogP contribution in [0.1, 0.15) is 12.0 Å². The maximum absolute atomic E-state index is 11.9. The Bertz CT molecular complexity index is 373. The van der Waals surface area contributed by atoms with E-state index in [0.29, 0.717) is 19.5 Å². The third-order valence-electron chi connectivity index (χ3n) is 2.30. The predicted molar refractivity (Wildman–Crippen MR) is 62.6 cm³/mol. The average Bonchev–Trinajstić information content (AvgIpc) is 2.73. The molecule has 0 bridgehead atoms. The monoisotopic (exact) mass is 289 g/mol. The third kappa shape index (κ3) is 2.65.